The maximum Gasteiger partial charge on any atom is 0.126 e. The molecule has 0 aliphatic carbocycles. The first-order valence-corrected chi connectivity index (χ1v) is 6.96. The third-order valence-electron chi connectivity index (χ3n) is 3.48. The van der Waals surface area contributed by atoms with E-state index in [9.17, 15) is 13.9 Å². The molecule has 1 aliphatic rings. The fourth-order valence-electron chi connectivity index (χ4n) is 2.71. The largest absolute Gasteiger partial charge is 0.388 e. The predicted octanol–water partition coefficient (Wildman–Crippen LogP) is 2.50. The van der Waals surface area contributed by atoms with Gasteiger partial charge in [-0.2, -0.15) is 0 Å². The summed E-state index contributed by atoms with van der Waals surface area (Å²) in [6.45, 7) is 6.34. The molecule has 0 saturated carbocycles. The van der Waals surface area contributed by atoms with Gasteiger partial charge in [0.2, 0.25) is 0 Å². The van der Waals surface area contributed by atoms with Crippen LogP contribution < -0.4 is 0 Å². The van der Waals surface area contributed by atoms with Crippen molar-refractivity contribution < 1.29 is 18.6 Å². The van der Waals surface area contributed by atoms with Crippen molar-refractivity contribution >= 4 is 0 Å². The van der Waals surface area contributed by atoms with Gasteiger partial charge in [0, 0.05) is 25.7 Å². The molecular weight excluding hydrogens is 264 g/mol. The highest BCUT2D eigenvalue weighted by atomic mass is 19.1. The Balaban J connectivity index is 1.89. The molecule has 5 heteroatoms. The fraction of sp³-hybridized carbons (Fsp3) is 0.600. The van der Waals surface area contributed by atoms with E-state index in [1.165, 1.54) is 12.1 Å². The van der Waals surface area contributed by atoms with Crippen molar-refractivity contribution in [2.45, 2.75) is 38.6 Å². The minimum atomic E-state index is -0.853. The smallest absolute Gasteiger partial charge is 0.126 e. The van der Waals surface area contributed by atoms with Gasteiger partial charge >= 0.3 is 0 Å². The van der Waals surface area contributed by atoms with Crippen molar-refractivity contribution in [3.8, 4) is 0 Å². The normalized spacial score (nSPS) is 25.6. The molecule has 3 atom stereocenters. The molecule has 3 nitrogen and oxygen atoms in total. The van der Waals surface area contributed by atoms with E-state index in [-0.39, 0.29) is 17.8 Å². The van der Waals surface area contributed by atoms with Crippen LogP contribution in [0.4, 0.5) is 8.78 Å². The molecule has 20 heavy (non-hydrogen) atoms. The Bertz CT molecular complexity index is 425. The fourth-order valence-corrected chi connectivity index (χ4v) is 2.71. The molecule has 0 spiro atoms. The summed E-state index contributed by atoms with van der Waals surface area (Å²) in [6, 6.07) is 3.16. The Kier molecular flexibility index (Phi) is 5.07. The molecule has 1 saturated heterocycles. The number of ether oxygens (including phenoxy) is 1. The first-order chi connectivity index (χ1) is 9.44. The summed E-state index contributed by atoms with van der Waals surface area (Å²) in [7, 11) is 0. The van der Waals surface area contributed by atoms with Gasteiger partial charge in [-0.05, 0) is 38.0 Å². The Morgan fingerprint density at radius 2 is 1.75 bits per heavy atom. The number of rotatable bonds is 4. The summed E-state index contributed by atoms with van der Waals surface area (Å²) in [4.78, 5) is 2.21. The number of benzene rings is 1. The molecule has 3 unspecified atom stereocenters. The lowest BCUT2D eigenvalue weighted by Gasteiger charge is -2.35. The monoisotopic (exact) mass is 285 g/mol. The highest BCUT2D eigenvalue weighted by molar-refractivity contribution is 5.20. The average Bonchev–Trinajstić information content (AvgIpc) is 2.33. The summed E-state index contributed by atoms with van der Waals surface area (Å²) in [5.41, 5.74) is 0.289. The molecule has 0 bridgehead atoms. The summed E-state index contributed by atoms with van der Waals surface area (Å²) < 4.78 is 31.9. The van der Waals surface area contributed by atoms with Gasteiger partial charge in [-0.3, -0.25) is 4.90 Å². The molecule has 1 aromatic rings. The standard InChI is InChI=1S/C15H21F2NO2/c1-10-8-18(9-11(2)20-10)4-3-15(19)12-5-13(16)7-14(17)6-12/h5-7,10-11,15,19H,3-4,8-9H2,1-2H3. The minimum Gasteiger partial charge on any atom is -0.388 e. The summed E-state index contributed by atoms with van der Waals surface area (Å²) in [5.74, 6) is -1.32. The van der Waals surface area contributed by atoms with Gasteiger partial charge in [-0.25, -0.2) is 8.78 Å². The molecule has 0 amide bonds. The van der Waals surface area contributed by atoms with E-state index in [4.69, 9.17) is 4.74 Å². The van der Waals surface area contributed by atoms with Gasteiger partial charge in [-0.1, -0.05) is 0 Å². The number of hydrogen-bond donors (Lipinski definition) is 1. The molecule has 1 aliphatic heterocycles. The lowest BCUT2D eigenvalue weighted by Crippen LogP contribution is -2.45. The van der Waals surface area contributed by atoms with Crippen LogP contribution in [0, 0.1) is 11.6 Å². The molecule has 1 fully saturated rings. The van der Waals surface area contributed by atoms with E-state index in [1.807, 2.05) is 13.8 Å². The van der Waals surface area contributed by atoms with Crippen LogP contribution >= 0.6 is 0 Å². The second-order valence-corrected chi connectivity index (χ2v) is 5.52. The van der Waals surface area contributed by atoms with Crippen molar-refractivity contribution in [2.75, 3.05) is 19.6 Å². The maximum absolute atomic E-state index is 13.1. The predicted molar refractivity (Wildman–Crippen MR) is 72.4 cm³/mol. The summed E-state index contributed by atoms with van der Waals surface area (Å²) in [5, 5.41) is 10.0. The van der Waals surface area contributed by atoms with E-state index < -0.39 is 17.7 Å². The van der Waals surface area contributed by atoms with Gasteiger partial charge in [0.05, 0.1) is 18.3 Å². The molecule has 1 N–H and O–H groups in total. The molecule has 0 aromatic heterocycles. The topological polar surface area (TPSA) is 32.7 Å². The lowest BCUT2D eigenvalue weighted by molar-refractivity contribution is -0.0702. The van der Waals surface area contributed by atoms with Gasteiger partial charge in [-0.15, -0.1) is 0 Å². The highest BCUT2D eigenvalue weighted by Crippen LogP contribution is 2.20. The maximum atomic E-state index is 13.1. The highest BCUT2D eigenvalue weighted by Gasteiger charge is 2.22. The third-order valence-corrected chi connectivity index (χ3v) is 3.48. The van der Waals surface area contributed by atoms with Crippen molar-refractivity contribution in [1.29, 1.82) is 0 Å². The van der Waals surface area contributed by atoms with Crippen molar-refractivity contribution in [2.24, 2.45) is 0 Å². The zero-order chi connectivity index (χ0) is 14.7. The molecule has 2 rings (SSSR count). The number of morpholine rings is 1. The molecule has 0 radical (unpaired) electrons. The van der Waals surface area contributed by atoms with Gasteiger partial charge in [0.15, 0.2) is 0 Å². The summed E-state index contributed by atoms with van der Waals surface area (Å²) >= 11 is 0. The number of hydrogen-bond acceptors (Lipinski definition) is 3. The van der Waals surface area contributed by atoms with Crippen LogP contribution in [0.2, 0.25) is 0 Å². The zero-order valence-corrected chi connectivity index (χ0v) is 11.9. The van der Waals surface area contributed by atoms with Crippen LogP contribution in [-0.2, 0) is 4.74 Å². The van der Waals surface area contributed by atoms with Gasteiger partial charge < -0.3 is 9.84 Å². The van der Waals surface area contributed by atoms with Crippen LogP contribution in [0.3, 0.4) is 0 Å². The average molecular weight is 285 g/mol. The van der Waals surface area contributed by atoms with E-state index in [2.05, 4.69) is 4.90 Å². The number of halogens is 2. The Labute approximate surface area is 118 Å². The number of aliphatic hydroxyl groups excluding tert-OH is 1. The van der Waals surface area contributed by atoms with Crippen LogP contribution in [0.1, 0.15) is 31.9 Å². The van der Waals surface area contributed by atoms with Crippen LogP contribution in [0.5, 0.6) is 0 Å². The number of aliphatic hydroxyl groups is 1. The van der Waals surface area contributed by atoms with E-state index in [0.717, 1.165) is 19.2 Å². The van der Waals surface area contributed by atoms with Crippen molar-refractivity contribution in [3.05, 3.63) is 35.4 Å². The van der Waals surface area contributed by atoms with E-state index in [1.54, 1.807) is 0 Å². The summed E-state index contributed by atoms with van der Waals surface area (Å²) in [6.07, 6.45) is -0.0684. The van der Waals surface area contributed by atoms with E-state index >= 15 is 0 Å². The number of nitrogens with zero attached hydrogens (tertiary/aromatic N) is 1. The first kappa shape index (κ1) is 15.4. The third kappa shape index (κ3) is 4.23. The lowest BCUT2D eigenvalue weighted by atomic mass is 10.1. The van der Waals surface area contributed by atoms with Gasteiger partial charge in [0.25, 0.3) is 0 Å². The zero-order valence-electron chi connectivity index (χ0n) is 11.9. The van der Waals surface area contributed by atoms with E-state index in [0.29, 0.717) is 13.0 Å². The quantitative estimate of drug-likeness (QED) is 0.922. The molecule has 1 heterocycles. The molecule has 1 aromatic carbocycles. The second kappa shape index (κ2) is 6.61. The Morgan fingerprint density at radius 1 is 1.20 bits per heavy atom. The molecule has 112 valence electrons. The first-order valence-electron chi connectivity index (χ1n) is 6.96. The van der Waals surface area contributed by atoms with Crippen LogP contribution in [0.15, 0.2) is 18.2 Å². The molecular formula is C15H21F2NO2. The van der Waals surface area contributed by atoms with Crippen LogP contribution in [0.25, 0.3) is 0 Å². The van der Waals surface area contributed by atoms with Crippen LogP contribution in [-0.4, -0.2) is 41.8 Å². The van der Waals surface area contributed by atoms with Crippen molar-refractivity contribution in [3.63, 3.8) is 0 Å². The second-order valence-electron chi connectivity index (χ2n) is 5.52. The Hall–Kier alpha value is -1.04. The minimum absolute atomic E-state index is 0.169. The Morgan fingerprint density at radius 3 is 2.30 bits per heavy atom. The van der Waals surface area contributed by atoms with Crippen molar-refractivity contribution in [1.82, 2.24) is 4.90 Å². The van der Waals surface area contributed by atoms with Gasteiger partial charge in [0.1, 0.15) is 11.6 Å². The SMILES string of the molecule is CC1CN(CCC(O)c2cc(F)cc(F)c2)CC(C)O1.